The molecule has 0 spiro atoms. The first-order chi connectivity index (χ1) is 20.5. The maximum absolute atomic E-state index is 13.1. The molecule has 0 aromatic heterocycles. The van der Waals surface area contributed by atoms with Crippen LogP contribution < -0.4 is 8.37 Å². The minimum Gasteiger partial charge on any atom is -0.379 e. The molecule has 0 fully saturated rings. The van der Waals surface area contributed by atoms with Crippen LogP contribution in [0.1, 0.15) is 25.0 Å². The lowest BCUT2D eigenvalue weighted by atomic mass is 9.78. The maximum Gasteiger partial charge on any atom is 0.339 e. The summed E-state index contributed by atoms with van der Waals surface area (Å²) in [5, 5.41) is 2.82. The molecule has 0 aliphatic carbocycles. The fourth-order valence-electron chi connectivity index (χ4n) is 5.19. The summed E-state index contributed by atoms with van der Waals surface area (Å²) >= 11 is 0. The molecular formula is C35H28O6S2. The van der Waals surface area contributed by atoms with Gasteiger partial charge in [-0.1, -0.05) is 111 Å². The SMILES string of the molecule is CC(C)(c1ccc(OS(=O)(=O)c2cccc3ccccc23)cc1)c1ccc(OS(=O)(=O)c2cccc3ccccc23)cc1. The van der Waals surface area contributed by atoms with Gasteiger partial charge in [-0.3, -0.25) is 0 Å². The first kappa shape index (κ1) is 28.5. The van der Waals surface area contributed by atoms with Crippen molar-refractivity contribution in [2.45, 2.75) is 29.1 Å². The van der Waals surface area contributed by atoms with Crippen LogP contribution in [0.4, 0.5) is 0 Å². The van der Waals surface area contributed by atoms with E-state index in [9.17, 15) is 16.8 Å². The standard InChI is InChI=1S/C35H28O6S2/c1-35(2,27-17-21-29(22-18-27)40-42(36,37)33-15-7-11-25-9-3-5-13-31(25)33)28-19-23-30(24-20-28)41-43(38,39)34-16-8-12-26-10-4-6-14-32(26)34/h3-24H,1-2H3. The topological polar surface area (TPSA) is 86.7 Å². The second-order valence-corrected chi connectivity index (χ2v) is 13.7. The third-order valence-electron chi connectivity index (χ3n) is 7.60. The van der Waals surface area contributed by atoms with Crippen LogP contribution >= 0.6 is 0 Å². The first-order valence-electron chi connectivity index (χ1n) is 13.6. The van der Waals surface area contributed by atoms with Gasteiger partial charge in [0.05, 0.1) is 0 Å². The highest BCUT2D eigenvalue weighted by Crippen LogP contribution is 2.35. The van der Waals surface area contributed by atoms with Gasteiger partial charge in [-0.25, -0.2) is 0 Å². The van der Waals surface area contributed by atoms with Crippen molar-refractivity contribution in [1.82, 2.24) is 0 Å². The van der Waals surface area contributed by atoms with Gasteiger partial charge < -0.3 is 8.37 Å². The number of fused-ring (bicyclic) bond motifs is 2. The van der Waals surface area contributed by atoms with E-state index in [0.717, 1.165) is 21.9 Å². The molecule has 0 amide bonds. The summed E-state index contributed by atoms with van der Waals surface area (Å²) in [6, 6.07) is 38.5. The van der Waals surface area contributed by atoms with Crippen molar-refractivity contribution in [2.24, 2.45) is 0 Å². The molecule has 6 aromatic rings. The Bertz CT molecular complexity index is 2000. The van der Waals surface area contributed by atoms with Gasteiger partial charge in [-0.05, 0) is 58.3 Å². The van der Waals surface area contributed by atoms with Crippen LogP contribution in [-0.4, -0.2) is 16.8 Å². The van der Waals surface area contributed by atoms with Gasteiger partial charge in [0, 0.05) is 16.2 Å². The zero-order valence-corrected chi connectivity index (χ0v) is 25.1. The Kier molecular flexibility index (Phi) is 7.20. The Morgan fingerprint density at radius 1 is 0.442 bits per heavy atom. The monoisotopic (exact) mass is 608 g/mol. The third kappa shape index (κ3) is 5.59. The van der Waals surface area contributed by atoms with E-state index in [-0.39, 0.29) is 21.3 Å². The highest BCUT2D eigenvalue weighted by atomic mass is 32.2. The van der Waals surface area contributed by atoms with E-state index in [1.807, 2.05) is 74.5 Å². The first-order valence-corrected chi connectivity index (χ1v) is 16.4. The molecule has 0 saturated carbocycles. The van der Waals surface area contributed by atoms with Gasteiger partial charge in [-0.15, -0.1) is 0 Å². The van der Waals surface area contributed by atoms with Crippen molar-refractivity contribution in [2.75, 3.05) is 0 Å². The summed E-state index contributed by atoms with van der Waals surface area (Å²) in [5.41, 5.74) is 1.35. The largest absolute Gasteiger partial charge is 0.379 e. The second kappa shape index (κ2) is 10.9. The van der Waals surface area contributed by atoms with Gasteiger partial charge in [0.1, 0.15) is 21.3 Å². The molecule has 0 radical (unpaired) electrons. The molecule has 6 rings (SSSR count). The van der Waals surface area contributed by atoms with Crippen LogP contribution in [0.15, 0.2) is 143 Å². The van der Waals surface area contributed by atoms with Gasteiger partial charge in [-0.2, -0.15) is 16.8 Å². The van der Waals surface area contributed by atoms with E-state index in [1.165, 1.54) is 12.1 Å². The molecule has 0 bridgehead atoms. The molecule has 0 N–H and O–H groups in total. The molecule has 0 unspecified atom stereocenters. The summed E-state index contributed by atoms with van der Waals surface area (Å²) in [5.74, 6) is 0.407. The zero-order valence-electron chi connectivity index (χ0n) is 23.5. The molecule has 0 heterocycles. The predicted molar refractivity (Wildman–Crippen MR) is 169 cm³/mol. The lowest BCUT2D eigenvalue weighted by Crippen LogP contribution is -2.19. The molecule has 6 nitrogen and oxygen atoms in total. The van der Waals surface area contributed by atoms with Gasteiger partial charge >= 0.3 is 20.2 Å². The molecule has 0 aliphatic heterocycles. The summed E-state index contributed by atoms with van der Waals surface area (Å²) in [6.45, 7) is 4.05. The molecule has 43 heavy (non-hydrogen) atoms. The fourth-order valence-corrected chi connectivity index (χ4v) is 7.50. The highest BCUT2D eigenvalue weighted by Gasteiger charge is 2.25. The number of benzene rings is 6. The molecule has 0 saturated heterocycles. The van der Waals surface area contributed by atoms with Crippen LogP contribution in [0.3, 0.4) is 0 Å². The Hall–Kier alpha value is -4.66. The highest BCUT2D eigenvalue weighted by molar-refractivity contribution is 7.87. The van der Waals surface area contributed by atoms with Crippen LogP contribution in [-0.2, 0) is 25.7 Å². The van der Waals surface area contributed by atoms with Crippen molar-refractivity contribution in [3.63, 3.8) is 0 Å². The van der Waals surface area contributed by atoms with Crippen molar-refractivity contribution < 1.29 is 25.2 Å². The van der Waals surface area contributed by atoms with Crippen molar-refractivity contribution in [3.8, 4) is 11.5 Å². The maximum atomic E-state index is 13.1. The van der Waals surface area contributed by atoms with E-state index in [2.05, 4.69) is 0 Å². The number of hydrogen-bond acceptors (Lipinski definition) is 6. The smallest absolute Gasteiger partial charge is 0.339 e. The summed E-state index contributed by atoms with van der Waals surface area (Å²) in [6.07, 6.45) is 0. The van der Waals surface area contributed by atoms with Crippen LogP contribution in [0.2, 0.25) is 0 Å². The lowest BCUT2D eigenvalue weighted by molar-refractivity contribution is 0.485. The minimum absolute atomic E-state index is 0.111. The number of hydrogen-bond donors (Lipinski definition) is 0. The summed E-state index contributed by atoms with van der Waals surface area (Å²) in [4.78, 5) is 0.222. The van der Waals surface area contributed by atoms with Crippen molar-refractivity contribution in [3.05, 3.63) is 145 Å². The van der Waals surface area contributed by atoms with Crippen LogP contribution in [0.25, 0.3) is 21.5 Å². The quantitative estimate of drug-likeness (QED) is 0.164. The fraction of sp³-hybridized carbons (Fsp3) is 0.0857. The summed E-state index contributed by atoms with van der Waals surface area (Å²) < 4.78 is 63.5. The zero-order chi connectivity index (χ0) is 30.2. The molecule has 0 atom stereocenters. The summed E-state index contributed by atoms with van der Waals surface area (Å²) in [7, 11) is -8.11. The van der Waals surface area contributed by atoms with Crippen molar-refractivity contribution >= 4 is 41.8 Å². The van der Waals surface area contributed by atoms with Crippen molar-refractivity contribution in [1.29, 1.82) is 0 Å². The Labute approximate surface area is 251 Å². The van der Waals surface area contributed by atoms with E-state index in [4.69, 9.17) is 8.37 Å². The second-order valence-electron chi connectivity index (χ2n) is 10.7. The van der Waals surface area contributed by atoms with E-state index >= 15 is 0 Å². The molecule has 6 aromatic carbocycles. The van der Waals surface area contributed by atoms with Gasteiger partial charge in [0.25, 0.3) is 0 Å². The normalized spacial score (nSPS) is 12.3. The number of rotatable bonds is 8. The molecule has 0 aliphatic rings. The molecule has 216 valence electrons. The van der Waals surface area contributed by atoms with E-state index < -0.39 is 25.7 Å². The Morgan fingerprint density at radius 3 is 1.19 bits per heavy atom. The van der Waals surface area contributed by atoms with E-state index in [0.29, 0.717) is 10.8 Å². The average Bonchev–Trinajstić information content (AvgIpc) is 3.00. The van der Waals surface area contributed by atoms with Gasteiger partial charge in [0.15, 0.2) is 0 Å². The van der Waals surface area contributed by atoms with E-state index in [1.54, 1.807) is 60.7 Å². The third-order valence-corrected chi connectivity index (χ3v) is 10.2. The molecule has 8 heteroatoms. The lowest BCUT2D eigenvalue weighted by Gasteiger charge is -2.26. The Morgan fingerprint density at radius 2 is 0.791 bits per heavy atom. The van der Waals surface area contributed by atoms with Crippen LogP contribution in [0.5, 0.6) is 11.5 Å². The predicted octanol–water partition coefficient (Wildman–Crippen LogP) is 7.85. The Balaban J connectivity index is 1.20. The minimum atomic E-state index is -4.06. The average molecular weight is 609 g/mol. The van der Waals surface area contributed by atoms with Gasteiger partial charge in [0.2, 0.25) is 0 Å². The molecular weight excluding hydrogens is 581 g/mol. The van der Waals surface area contributed by atoms with Crippen LogP contribution in [0, 0.1) is 0 Å².